The van der Waals surface area contributed by atoms with Crippen LogP contribution in [-0.4, -0.2) is 5.11 Å². The van der Waals surface area contributed by atoms with Crippen molar-refractivity contribution in [2.75, 3.05) is 0 Å². The van der Waals surface area contributed by atoms with Crippen LogP contribution < -0.4 is 11.5 Å². The van der Waals surface area contributed by atoms with Crippen LogP contribution in [0.2, 0.25) is 0 Å². The molecule has 1 aromatic carbocycles. The Hall–Kier alpha value is -1.06. The van der Waals surface area contributed by atoms with E-state index in [2.05, 4.69) is 0 Å². The Morgan fingerprint density at radius 1 is 1.20 bits per heavy atom. The second-order valence-corrected chi connectivity index (χ2v) is 2.08. The summed E-state index contributed by atoms with van der Waals surface area (Å²) < 4.78 is 0. The third kappa shape index (κ3) is 1.26. The van der Waals surface area contributed by atoms with Crippen LogP contribution in [0.25, 0.3) is 0 Å². The van der Waals surface area contributed by atoms with E-state index >= 15 is 0 Å². The maximum atomic E-state index is 9.12. The molecule has 1 aromatic rings. The Morgan fingerprint density at radius 2 is 1.80 bits per heavy atom. The summed E-state index contributed by atoms with van der Waals surface area (Å²) in [5, 5.41) is 9.12. The van der Waals surface area contributed by atoms with E-state index in [-0.39, 0.29) is 5.75 Å². The predicted octanol–water partition coefficient (Wildman–Crippen LogP) is 0.308. The number of hydrogen-bond donors (Lipinski definition) is 3. The molecule has 1 rings (SSSR count). The zero-order chi connectivity index (χ0) is 7.56. The Kier molecular flexibility index (Phi) is 1.89. The van der Waals surface area contributed by atoms with E-state index in [0.29, 0.717) is 5.56 Å². The van der Waals surface area contributed by atoms with E-state index in [1.165, 1.54) is 0 Å². The highest BCUT2D eigenvalue weighted by Gasteiger charge is 2.02. The Labute approximate surface area is 59.3 Å². The molecule has 54 valence electrons. The van der Waals surface area contributed by atoms with Crippen molar-refractivity contribution in [3.63, 3.8) is 0 Å². The first-order valence-corrected chi connectivity index (χ1v) is 3.01. The van der Waals surface area contributed by atoms with E-state index in [9.17, 15) is 0 Å². The zero-order valence-corrected chi connectivity index (χ0v) is 5.49. The van der Waals surface area contributed by atoms with Crippen LogP contribution >= 0.6 is 0 Å². The largest absolute Gasteiger partial charge is 0.508 e. The van der Waals surface area contributed by atoms with Crippen LogP contribution in [0.3, 0.4) is 0 Å². The normalized spacial score (nSPS) is 10.3. The lowest BCUT2D eigenvalue weighted by Crippen LogP contribution is -2.19. The highest BCUT2D eigenvalue weighted by atomic mass is 16.3. The molecule has 3 nitrogen and oxygen atoms in total. The average Bonchev–Trinajstić information content (AvgIpc) is 1.88. The Morgan fingerprint density at radius 3 is 2.20 bits per heavy atom. The van der Waals surface area contributed by atoms with Crippen LogP contribution in [0, 0.1) is 0 Å². The number of benzene rings is 1. The molecule has 10 heavy (non-hydrogen) atoms. The zero-order valence-electron chi connectivity index (χ0n) is 5.49. The summed E-state index contributed by atoms with van der Waals surface area (Å²) in [5.41, 5.74) is 11.2. The number of phenolic OH excluding ortho intramolecular Hbond substituents is 1. The van der Waals surface area contributed by atoms with Gasteiger partial charge >= 0.3 is 0 Å². The van der Waals surface area contributed by atoms with Gasteiger partial charge in [0, 0.05) is 5.56 Å². The fourth-order valence-electron chi connectivity index (χ4n) is 0.769. The monoisotopic (exact) mass is 138 g/mol. The van der Waals surface area contributed by atoms with Gasteiger partial charge in [0.25, 0.3) is 0 Å². The summed E-state index contributed by atoms with van der Waals surface area (Å²) in [4.78, 5) is 0. The van der Waals surface area contributed by atoms with Gasteiger partial charge in [-0.1, -0.05) is 18.2 Å². The molecule has 0 saturated carbocycles. The molecule has 3 heteroatoms. The first kappa shape index (κ1) is 7.05. The number of para-hydroxylation sites is 1. The minimum absolute atomic E-state index is 0.150. The van der Waals surface area contributed by atoms with Gasteiger partial charge < -0.3 is 16.6 Å². The van der Waals surface area contributed by atoms with Crippen molar-refractivity contribution in [2.24, 2.45) is 11.5 Å². The number of phenols is 1. The van der Waals surface area contributed by atoms with Gasteiger partial charge in [-0.25, -0.2) is 0 Å². The lowest BCUT2D eigenvalue weighted by molar-refractivity contribution is 0.462. The van der Waals surface area contributed by atoms with Gasteiger partial charge in [-0.05, 0) is 6.07 Å². The van der Waals surface area contributed by atoms with Crippen molar-refractivity contribution in [3.8, 4) is 5.75 Å². The third-order valence-corrected chi connectivity index (χ3v) is 1.30. The van der Waals surface area contributed by atoms with Crippen molar-refractivity contribution < 1.29 is 5.11 Å². The first-order chi connectivity index (χ1) is 4.72. The van der Waals surface area contributed by atoms with Gasteiger partial charge in [0.1, 0.15) is 5.75 Å². The van der Waals surface area contributed by atoms with Gasteiger partial charge in [-0.2, -0.15) is 0 Å². The lowest BCUT2D eigenvalue weighted by Gasteiger charge is -2.06. The SMILES string of the molecule is NC(N)c1ccccc1O. The van der Waals surface area contributed by atoms with Crippen molar-refractivity contribution in [1.82, 2.24) is 0 Å². The van der Waals surface area contributed by atoms with E-state index in [1.807, 2.05) is 0 Å². The second kappa shape index (κ2) is 2.68. The molecular formula is C7H10N2O. The summed E-state index contributed by atoms with van der Waals surface area (Å²) in [5.74, 6) is 0.150. The van der Waals surface area contributed by atoms with E-state index < -0.39 is 6.17 Å². The van der Waals surface area contributed by atoms with Crippen LogP contribution in [0.1, 0.15) is 11.7 Å². The molecule has 5 N–H and O–H groups in total. The maximum Gasteiger partial charge on any atom is 0.121 e. The summed E-state index contributed by atoms with van der Waals surface area (Å²) >= 11 is 0. The molecular weight excluding hydrogens is 128 g/mol. The fraction of sp³-hybridized carbons (Fsp3) is 0.143. The molecule has 0 unspecified atom stereocenters. The summed E-state index contributed by atoms with van der Waals surface area (Å²) in [7, 11) is 0. The topological polar surface area (TPSA) is 72.3 Å². The minimum atomic E-state index is -0.596. The van der Waals surface area contributed by atoms with Crippen LogP contribution in [0.5, 0.6) is 5.75 Å². The molecule has 0 spiro atoms. The maximum absolute atomic E-state index is 9.12. The third-order valence-electron chi connectivity index (χ3n) is 1.30. The fourth-order valence-corrected chi connectivity index (χ4v) is 0.769. The summed E-state index contributed by atoms with van der Waals surface area (Å²) in [6, 6.07) is 6.76. The molecule has 0 aromatic heterocycles. The van der Waals surface area contributed by atoms with E-state index in [0.717, 1.165) is 0 Å². The summed E-state index contributed by atoms with van der Waals surface area (Å²) in [6.07, 6.45) is -0.596. The Balaban J connectivity index is 3.03. The first-order valence-electron chi connectivity index (χ1n) is 3.01. The molecule has 0 saturated heterocycles. The van der Waals surface area contributed by atoms with Crippen LogP contribution in [0.15, 0.2) is 24.3 Å². The molecule has 0 bridgehead atoms. The van der Waals surface area contributed by atoms with Gasteiger partial charge in [0.2, 0.25) is 0 Å². The standard InChI is InChI=1S/C7H10N2O/c8-7(9)5-3-1-2-4-6(5)10/h1-4,7,10H,8-9H2. The quantitative estimate of drug-likeness (QED) is 0.489. The molecule has 0 heterocycles. The van der Waals surface area contributed by atoms with Crippen molar-refractivity contribution >= 4 is 0 Å². The average molecular weight is 138 g/mol. The number of nitrogens with two attached hydrogens (primary N) is 2. The number of rotatable bonds is 1. The molecule has 0 aliphatic rings. The minimum Gasteiger partial charge on any atom is -0.508 e. The molecule has 0 radical (unpaired) electrons. The van der Waals surface area contributed by atoms with Gasteiger partial charge in [0.15, 0.2) is 0 Å². The van der Waals surface area contributed by atoms with Crippen LogP contribution in [0.4, 0.5) is 0 Å². The lowest BCUT2D eigenvalue weighted by atomic mass is 10.1. The van der Waals surface area contributed by atoms with E-state index in [4.69, 9.17) is 16.6 Å². The number of aromatic hydroxyl groups is 1. The molecule has 0 aliphatic carbocycles. The highest BCUT2D eigenvalue weighted by Crippen LogP contribution is 2.18. The Bertz CT molecular complexity index is 223. The molecule has 0 atom stereocenters. The smallest absolute Gasteiger partial charge is 0.121 e. The number of hydrogen-bond acceptors (Lipinski definition) is 3. The molecule has 0 amide bonds. The predicted molar refractivity (Wildman–Crippen MR) is 39.2 cm³/mol. The second-order valence-electron chi connectivity index (χ2n) is 2.08. The van der Waals surface area contributed by atoms with Crippen molar-refractivity contribution in [1.29, 1.82) is 0 Å². The molecule has 0 aliphatic heterocycles. The van der Waals surface area contributed by atoms with Gasteiger partial charge in [-0.15, -0.1) is 0 Å². The van der Waals surface area contributed by atoms with Gasteiger partial charge in [-0.3, -0.25) is 0 Å². The highest BCUT2D eigenvalue weighted by molar-refractivity contribution is 5.33. The van der Waals surface area contributed by atoms with Gasteiger partial charge in [0.05, 0.1) is 6.17 Å². The van der Waals surface area contributed by atoms with Crippen LogP contribution in [-0.2, 0) is 0 Å². The van der Waals surface area contributed by atoms with E-state index in [1.54, 1.807) is 24.3 Å². The molecule has 0 fully saturated rings. The van der Waals surface area contributed by atoms with Crippen molar-refractivity contribution in [2.45, 2.75) is 6.17 Å². The summed E-state index contributed by atoms with van der Waals surface area (Å²) in [6.45, 7) is 0. The van der Waals surface area contributed by atoms with Crippen molar-refractivity contribution in [3.05, 3.63) is 29.8 Å².